The summed E-state index contributed by atoms with van der Waals surface area (Å²) < 4.78 is 0. The molecule has 28 heavy (non-hydrogen) atoms. The zero-order chi connectivity index (χ0) is 19.9. The molecule has 0 bridgehead atoms. The van der Waals surface area contributed by atoms with E-state index < -0.39 is 0 Å². The molecule has 1 saturated heterocycles. The van der Waals surface area contributed by atoms with Gasteiger partial charge in [0.25, 0.3) is 5.91 Å². The number of anilines is 2. The number of carbonyl (C=O) groups is 2. The van der Waals surface area contributed by atoms with Gasteiger partial charge in [-0.05, 0) is 61.1 Å². The average molecular weight is 380 g/mol. The van der Waals surface area contributed by atoms with Gasteiger partial charge in [0.05, 0.1) is 6.54 Å². The molecule has 1 aliphatic heterocycles. The summed E-state index contributed by atoms with van der Waals surface area (Å²) >= 11 is 0. The minimum Gasteiger partial charge on any atom is -0.376 e. The van der Waals surface area contributed by atoms with Gasteiger partial charge in [0.15, 0.2) is 0 Å². The second-order valence-corrected chi connectivity index (χ2v) is 7.57. The van der Waals surface area contributed by atoms with E-state index in [1.165, 1.54) is 12.0 Å². The van der Waals surface area contributed by atoms with Crippen molar-refractivity contribution in [3.05, 3.63) is 59.7 Å². The maximum absolute atomic E-state index is 12.5. The van der Waals surface area contributed by atoms with Crippen LogP contribution < -0.4 is 10.6 Å². The molecule has 0 atom stereocenters. The normalized spacial score (nSPS) is 14.0. The second-order valence-electron chi connectivity index (χ2n) is 7.57. The lowest BCUT2D eigenvalue weighted by molar-refractivity contribution is -0.114. The van der Waals surface area contributed by atoms with Crippen LogP contribution in [0.25, 0.3) is 0 Å². The summed E-state index contributed by atoms with van der Waals surface area (Å²) in [6.45, 7) is 6.13. The fourth-order valence-electron chi connectivity index (χ4n) is 3.52. The molecular formula is C23H29N3O2. The molecule has 148 valence electrons. The van der Waals surface area contributed by atoms with E-state index in [1.54, 1.807) is 24.3 Å². The van der Waals surface area contributed by atoms with Crippen molar-refractivity contribution in [3.8, 4) is 0 Å². The van der Waals surface area contributed by atoms with Crippen LogP contribution in [-0.2, 0) is 4.79 Å². The highest BCUT2D eigenvalue weighted by Crippen LogP contribution is 2.23. The average Bonchev–Trinajstić information content (AvgIpc) is 2.73. The van der Waals surface area contributed by atoms with Gasteiger partial charge in [0.2, 0.25) is 5.91 Å². The third kappa shape index (κ3) is 5.12. The SMILES string of the molecule is CC(C)c1ccccc1NCC(=O)Nc1ccc(C(=O)N2CCCCC2)cc1. The number of amides is 2. The molecule has 0 radical (unpaired) electrons. The van der Waals surface area contributed by atoms with Gasteiger partial charge >= 0.3 is 0 Å². The van der Waals surface area contributed by atoms with Crippen LogP contribution in [0.2, 0.25) is 0 Å². The molecule has 2 amide bonds. The van der Waals surface area contributed by atoms with Crippen molar-refractivity contribution in [1.29, 1.82) is 0 Å². The number of likely N-dealkylation sites (tertiary alicyclic amines) is 1. The van der Waals surface area contributed by atoms with Gasteiger partial charge in [-0.25, -0.2) is 0 Å². The molecule has 3 rings (SSSR count). The Morgan fingerprint density at radius 2 is 1.64 bits per heavy atom. The van der Waals surface area contributed by atoms with Gasteiger partial charge in [-0.15, -0.1) is 0 Å². The van der Waals surface area contributed by atoms with Crippen LogP contribution in [0, 0.1) is 0 Å². The number of hydrogen-bond donors (Lipinski definition) is 2. The first-order valence-electron chi connectivity index (χ1n) is 10.1. The topological polar surface area (TPSA) is 61.4 Å². The Hall–Kier alpha value is -2.82. The predicted octanol–water partition coefficient (Wildman–Crippen LogP) is 4.49. The maximum atomic E-state index is 12.5. The number of carbonyl (C=O) groups excluding carboxylic acids is 2. The van der Waals surface area contributed by atoms with Crippen molar-refractivity contribution in [2.75, 3.05) is 30.3 Å². The van der Waals surface area contributed by atoms with Crippen molar-refractivity contribution >= 4 is 23.2 Å². The fourth-order valence-corrected chi connectivity index (χ4v) is 3.52. The standard InChI is InChI=1S/C23H29N3O2/c1-17(2)20-8-4-5-9-21(20)24-16-22(27)25-19-12-10-18(11-13-19)23(28)26-14-6-3-7-15-26/h4-5,8-13,17,24H,3,6-7,14-16H2,1-2H3,(H,25,27). The highest BCUT2D eigenvalue weighted by molar-refractivity contribution is 5.96. The van der Waals surface area contributed by atoms with Crippen molar-refractivity contribution in [2.24, 2.45) is 0 Å². The van der Waals surface area contributed by atoms with E-state index in [4.69, 9.17) is 0 Å². The van der Waals surface area contributed by atoms with E-state index in [2.05, 4.69) is 30.5 Å². The van der Waals surface area contributed by atoms with Crippen LogP contribution in [0.15, 0.2) is 48.5 Å². The zero-order valence-electron chi connectivity index (χ0n) is 16.7. The molecule has 1 fully saturated rings. The third-order valence-corrected chi connectivity index (χ3v) is 5.08. The summed E-state index contributed by atoms with van der Waals surface area (Å²) in [5.74, 6) is 0.343. The lowest BCUT2D eigenvalue weighted by atomic mass is 10.0. The van der Waals surface area contributed by atoms with E-state index in [0.29, 0.717) is 17.2 Å². The van der Waals surface area contributed by atoms with Gasteiger partial charge in [0.1, 0.15) is 0 Å². The summed E-state index contributed by atoms with van der Waals surface area (Å²) in [6.07, 6.45) is 3.35. The molecule has 0 saturated carbocycles. The number of piperidine rings is 1. The monoisotopic (exact) mass is 379 g/mol. The molecule has 0 aliphatic carbocycles. The van der Waals surface area contributed by atoms with Crippen LogP contribution in [0.1, 0.15) is 54.9 Å². The third-order valence-electron chi connectivity index (χ3n) is 5.08. The summed E-state index contributed by atoms with van der Waals surface area (Å²) in [4.78, 5) is 26.7. The Kier molecular flexibility index (Phi) is 6.69. The second kappa shape index (κ2) is 9.40. The first-order chi connectivity index (χ1) is 13.5. The van der Waals surface area contributed by atoms with E-state index in [-0.39, 0.29) is 18.4 Å². The van der Waals surface area contributed by atoms with Crippen molar-refractivity contribution in [1.82, 2.24) is 4.90 Å². The summed E-state index contributed by atoms with van der Waals surface area (Å²) in [5.41, 5.74) is 3.54. The first-order valence-corrected chi connectivity index (χ1v) is 10.1. The summed E-state index contributed by atoms with van der Waals surface area (Å²) in [7, 11) is 0. The molecule has 2 aromatic rings. The zero-order valence-corrected chi connectivity index (χ0v) is 16.7. The maximum Gasteiger partial charge on any atom is 0.253 e. The van der Waals surface area contributed by atoms with E-state index in [1.807, 2.05) is 23.1 Å². The number of nitrogens with zero attached hydrogens (tertiary/aromatic N) is 1. The Balaban J connectivity index is 1.54. The van der Waals surface area contributed by atoms with Crippen molar-refractivity contribution in [2.45, 2.75) is 39.0 Å². The van der Waals surface area contributed by atoms with Crippen LogP contribution in [0.4, 0.5) is 11.4 Å². The molecular weight excluding hydrogens is 350 g/mol. The van der Waals surface area contributed by atoms with Gasteiger partial charge in [0, 0.05) is 30.0 Å². The molecule has 5 nitrogen and oxygen atoms in total. The number of para-hydroxylation sites is 1. The lowest BCUT2D eigenvalue weighted by Crippen LogP contribution is -2.35. The molecule has 2 N–H and O–H groups in total. The number of rotatable bonds is 6. The Bertz CT molecular complexity index is 809. The van der Waals surface area contributed by atoms with Crippen LogP contribution in [0.3, 0.4) is 0 Å². The largest absolute Gasteiger partial charge is 0.376 e. The minimum atomic E-state index is -0.117. The highest BCUT2D eigenvalue weighted by atomic mass is 16.2. The Morgan fingerprint density at radius 3 is 2.32 bits per heavy atom. The smallest absolute Gasteiger partial charge is 0.253 e. The lowest BCUT2D eigenvalue weighted by Gasteiger charge is -2.26. The van der Waals surface area contributed by atoms with Gasteiger partial charge in [-0.3, -0.25) is 9.59 Å². The predicted molar refractivity (Wildman–Crippen MR) is 114 cm³/mol. The van der Waals surface area contributed by atoms with E-state index >= 15 is 0 Å². The fraction of sp³-hybridized carbons (Fsp3) is 0.391. The quantitative estimate of drug-likeness (QED) is 0.777. The van der Waals surface area contributed by atoms with E-state index in [9.17, 15) is 9.59 Å². The number of nitrogens with one attached hydrogen (secondary N) is 2. The van der Waals surface area contributed by atoms with Gasteiger partial charge in [-0.2, -0.15) is 0 Å². The summed E-state index contributed by atoms with van der Waals surface area (Å²) in [6, 6.07) is 15.2. The molecule has 0 aromatic heterocycles. The highest BCUT2D eigenvalue weighted by Gasteiger charge is 2.18. The number of benzene rings is 2. The van der Waals surface area contributed by atoms with Gasteiger partial charge < -0.3 is 15.5 Å². The Morgan fingerprint density at radius 1 is 0.964 bits per heavy atom. The number of hydrogen-bond acceptors (Lipinski definition) is 3. The van der Waals surface area contributed by atoms with Crippen LogP contribution in [0.5, 0.6) is 0 Å². The molecule has 0 unspecified atom stereocenters. The first kappa shape index (κ1) is 19.9. The summed E-state index contributed by atoms with van der Waals surface area (Å²) in [5, 5.41) is 6.09. The molecule has 1 heterocycles. The van der Waals surface area contributed by atoms with E-state index in [0.717, 1.165) is 31.6 Å². The van der Waals surface area contributed by atoms with Crippen molar-refractivity contribution < 1.29 is 9.59 Å². The molecule has 5 heteroatoms. The van der Waals surface area contributed by atoms with Crippen LogP contribution in [-0.4, -0.2) is 36.3 Å². The minimum absolute atomic E-state index is 0.0736. The molecule has 2 aromatic carbocycles. The Labute approximate surface area is 167 Å². The molecule has 0 spiro atoms. The van der Waals surface area contributed by atoms with Crippen molar-refractivity contribution in [3.63, 3.8) is 0 Å². The van der Waals surface area contributed by atoms with Crippen LogP contribution >= 0.6 is 0 Å². The van der Waals surface area contributed by atoms with Gasteiger partial charge in [-0.1, -0.05) is 32.0 Å². The molecule has 1 aliphatic rings.